The monoisotopic (exact) mass is 296 g/mol. The van der Waals surface area contributed by atoms with Crippen molar-refractivity contribution in [2.24, 2.45) is 0 Å². The first-order valence-electron chi connectivity index (χ1n) is 6.63. The molecule has 0 aliphatic rings. The summed E-state index contributed by atoms with van der Waals surface area (Å²) < 4.78 is 10.6. The Balaban J connectivity index is 2.77. The van der Waals surface area contributed by atoms with Crippen molar-refractivity contribution < 1.29 is 29.6 Å². The van der Waals surface area contributed by atoms with E-state index in [1.54, 1.807) is 31.2 Å². The van der Waals surface area contributed by atoms with Gasteiger partial charge < -0.3 is 24.8 Å². The minimum Gasteiger partial charge on any atom is -0.491 e. The number of hydrogen-bond donors (Lipinski definition) is 3. The largest absolute Gasteiger partial charge is 0.491 e. The summed E-state index contributed by atoms with van der Waals surface area (Å²) in [6.07, 6.45) is 0.539. The summed E-state index contributed by atoms with van der Waals surface area (Å²) in [4.78, 5) is 10.6. The first-order valence-corrected chi connectivity index (χ1v) is 6.63. The molecule has 1 aromatic rings. The fraction of sp³-hybridized carbons (Fsp3) is 0.400. The van der Waals surface area contributed by atoms with Crippen LogP contribution in [0.15, 0.2) is 36.4 Å². The van der Waals surface area contributed by atoms with Gasteiger partial charge in [0.15, 0.2) is 0 Å². The van der Waals surface area contributed by atoms with Crippen LogP contribution in [-0.4, -0.2) is 47.2 Å². The quantitative estimate of drug-likeness (QED) is 0.591. The minimum atomic E-state index is -1.10. The van der Waals surface area contributed by atoms with E-state index in [9.17, 15) is 9.90 Å². The lowest BCUT2D eigenvalue weighted by molar-refractivity contribution is -0.131. The number of aliphatic carboxylic acids is 1. The van der Waals surface area contributed by atoms with Gasteiger partial charge in [-0.3, -0.25) is 0 Å². The predicted molar refractivity (Wildman–Crippen MR) is 76.2 cm³/mol. The molecule has 0 spiro atoms. The summed E-state index contributed by atoms with van der Waals surface area (Å²) in [6.45, 7) is 2.24. The third-order valence-electron chi connectivity index (χ3n) is 2.68. The molecule has 6 heteroatoms. The van der Waals surface area contributed by atoms with Gasteiger partial charge in [-0.15, -0.1) is 0 Å². The van der Waals surface area contributed by atoms with E-state index < -0.39 is 18.2 Å². The van der Waals surface area contributed by atoms with Crippen LogP contribution in [0.5, 0.6) is 5.75 Å². The molecular weight excluding hydrogens is 276 g/mol. The van der Waals surface area contributed by atoms with E-state index in [2.05, 4.69) is 0 Å². The van der Waals surface area contributed by atoms with Crippen molar-refractivity contribution in [2.75, 3.05) is 19.8 Å². The third-order valence-corrected chi connectivity index (χ3v) is 2.68. The minimum absolute atomic E-state index is 0.0726. The van der Waals surface area contributed by atoms with Gasteiger partial charge in [-0.1, -0.05) is 12.1 Å². The highest BCUT2D eigenvalue weighted by Gasteiger charge is 2.19. The lowest BCUT2D eigenvalue weighted by atomic mass is 10.0. The third kappa shape index (κ3) is 5.95. The van der Waals surface area contributed by atoms with Crippen LogP contribution in [0, 0.1) is 0 Å². The maximum Gasteiger partial charge on any atom is 0.328 e. The molecule has 0 heterocycles. The Morgan fingerprint density at radius 3 is 2.52 bits per heavy atom. The molecule has 3 N–H and O–H groups in total. The van der Waals surface area contributed by atoms with Crippen molar-refractivity contribution in [3.63, 3.8) is 0 Å². The van der Waals surface area contributed by atoms with Gasteiger partial charge in [0.2, 0.25) is 0 Å². The van der Waals surface area contributed by atoms with Crippen molar-refractivity contribution in [3.8, 4) is 5.75 Å². The van der Waals surface area contributed by atoms with E-state index in [4.69, 9.17) is 19.7 Å². The molecule has 0 unspecified atom stereocenters. The summed E-state index contributed by atoms with van der Waals surface area (Å²) in [7, 11) is 0. The molecule has 0 aliphatic heterocycles. The van der Waals surface area contributed by atoms with Crippen LogP contribution < -0.4 is 4.74 Å². The second kappa shape index (κ2) is 9.12. The summed E-state index contributed by atoms with van der Waals surface area (Å²) in [5.74, 6) is -0.520. The topological polar surface area (TPSA) is 96.2 Å². The van der Waals surface area contributed by atoms with Gasteiger partial charge in [0, 0.05) is 12.7 Å². The van der Waals surface area contributed by atoms with E-state index in [1.165, 1.54) is 6.08 Å². The van der Waals surface area contributed by atoms with Gasteiger partial charge in [-0.25, -0.2) is 4.79 Å². The molecule has 0 saturated heterocycles. The first-order chi connectivity index (χ1) is 10.1. The molecule has 0 saturated carbocycles. The van der Waals surface area contributed by atoms with Gasteiger partial charge in [-0.05, 0) is 30.7 Å². The molecule has 0 amide bonds. The fourth-order valence-corrected chi connectivity index (χ4v) is 1.74. The van der Waals surface area contributed by atoms with Crippen LogP contribution in [0.1, 0.15) is 18.6 Å². The highest BCUT2D eigenvalue weighted by molar-refractivity contribution is 5.79. The Kier molecular flexibility index (Phi) is 7.45. The smallest absolute Gasteiger partial charge is 0.328 e. The molecule has 116 valence electrons. The molecule has 2 atom stereocenters. The molecule has 0 fully saturated rings. The standard InChI is InChI=1S/C15H20O6/c1-2-20-13(7-8-14(17)18)15(19)11-3-5-12(6-4-11)21-10-9-16/h3-8,13,15-16,19H,2,9-10H2,1H3,(H,17,18)/b8-7+/t13-,15-/m0/s1. The number of carboxylic acid groups (broad SMARTS) is 1. The SMILES string of the molecule is CCO[C@@H](/C=C/C(=O)O)[C@@H](O)c1ccc(OCCO)cc1. The van der Waals surface area contributed by atoms with E-state index in [0.717, 1.165) is 6.08 Å². The summed E-state index contributed by atoms with van der Waals surface area (Å²) in [5.41, 5.74) is 0.583. The number of hydrogen-bond acceptors (Lipinski definition) is 5. The summed E-state index contributed by atoms with van der Waals surface area (Å²) in [6, 6.07) is 6.66. The van der Waals surface area contributed by atoms with Crippen LogP contribution in [0.4, 0.5) is 0 Å². The molecule has 6 nitrogen and oxygen atoms in total. The van der Waals surface area contributed by atoms with E-state index >= 15 is 0 Å². The van der Waals surface area contributed by atoms with Gasteiger partial charge in [0.1, 0.15) is 24.6 Å². The second-order valence-corrected chi connectivity index (χ2v) is 4.20. The Morgan fingerprint density at radius 2 is 2.00 bits per heavy atom. The number of rotatable bonds is 9. The number of ether oxygens (including phenoxy) is 2. The molecule has 21 heavy (non-hydrogen) atoms. The van der Waals surface area contributed by atoms with Crippen LogP contribution in [0.3, 0.4) is 0 Å². The molecular formula is C15H20O6. The number of aliphatic hydroxyl groups excluding tert-OH is 2. The van der Waals surface area contributed by atoms with E-state index in [1.807, 2.05) is 0 Å². The molecule has 1 rings (SSSR count). The van der Waals surface area contributed by atoms with E-state index in [-0.39, 0.29) is 13.2 Å². The lowest BCUT2D eigenvalue weighted by Gasteiger charge is -2.20. The van der Waals surface area contributed by atoms with Crippen LogP contribution in [0.2, 0.25) is 0 Å². The Morgan fingerprint density at radius 1 is 1.33 bits per heavy atom. The van der Waals surface area contributed by atoms with Crippen molar-refractivity contribution >= 4 is 5.97 Å². The Hall–Kier alpha value is -1.89. The molecule has 1 aromatic carbocycles. The molecule has 0 aliphatic carbocycles. The highest BCUT2D eigenvalue weighted by Crippen LogP contribution is 2.23. The predicted octanol–water partition coefficient (Wildman–Crippen LogP) is 1.14. The normalized spacial score (nSPS) is 14.0. The first kappa shape index (κ1) is 17.2. The zero-order valence-corrected chi connectivity index (χ0v) is 11.8. The Bertz CT molecular complexity index is 454. The summed E-state index contributed by atoms with van der Waals surface area (Å²) >= 11 is 0. The molecule has 0 radical (unpaired) electrons. The van der Waals surface area contributed by atoms with Crippen LogP contribution >= 0.6 is 0 Å². The van der Waals surface area contributed by atoms with Crippen molar-refractivity contribution in [3.05, 3.63) is 42.0 Å². The van der Waals surface area contributed by atoms with Gasteiger partial charge in [-0.2, -0.15) is 0 Å². The maximum absolute atomic E-state index is 10.6. The second-order valence-electron chi connectivity index (χ2n) is 4.20. The Labute approximate surface area is 123 Å². The van der Waals surface area contributed by atoms with Gasteiger partial charge >= 0.3 is 5.97 Å². The van der Waals surface area contributed by atoms with Crippen LogP contribution in [0.25, 0.3) is 0 Å². The molecule has 0 bridgehead atoms. The molecule has 0 aromatic heterocycles. The van der Waals surface area contributed by atoms with E-state index in [0.29, 0.717) is 17.9 Å². The van der Waals surface area contributed by atoms with Gasteiger partial charge in [0.05, 0.1) is 6.61 Å². The number of carboxylic acids is 1. The zero-order chi connectivity index (χ0) is 15.7. The maximum atomic E-state index is 10.6. The number of carbonyl (C=O) groups is 1. The highest BCUT2D eigenvalue weighted by atomic mass is 16.5. The van der Waals surface area contributed by atoms with Crippen molar-refractivity contribution in [1.82, 2.24) is 0 Å². The van der Waals surface area contributed by atoms with Crippen molar-refractivity contribution in [2.45, 2.75) is 19.1 Å². The average molecular weight is 296 g/mol. The average Bonchev–Trinajstić information content (AvgIpc) is 2.49. The van der Waals surface area contributed by atoms with Gasteiger partial charge in [0.25, 0.3) is 0 Å². The summed E-state index contributed by atoms with van der Waals surface area (Å²) in [5, 5.41) is 27.6. The fourth-order valence-electron chi connectivity index (χ4n) is 1.74. The lowest BCUT2D eigenvalue weighted by Crippen LogP contribution is -2.20. The van der Waals surface area contributed by atoms with Crippen molar-refractivity contribution in [1.29, 1.82) is 0 Å². The van der Waals surface area contributed by atoms with Crippen LogP contribution in [-0.2, 0) is 9.53 Å². The number of benzene rings is 1. The zero-order valence-electron chi connectivity index (χ0n) is 11.8. The number of aliphatic hydroxyl groups is 2.